The topological polar surface area (TPSA) is 38.7 Å². The number of carbonyl (C=O) groups is 1. The number of aliphatic imine (C=N–C) groups is 1. The van der Waals surface area contributed by atoms with Crippen molar-refractivity contribution >= 4 is 50.3 Å². The van der Waals surface area contributed by atoms with Gasteiger partial charge in [-0.25, -0.2) is 9.79 Å². The van der Waals surface area contributed by atoms with Gasteiger partial charge in [-0.3, -0.25) is 0 Å². The molecule has 0 fully saturated rings. The summed E-state index contributed by atoms with van der Waals surface area (Å²) in [4.78, 5) is 16.5. The minimum Gasteiger partial charge on any atom is -0.451 e. The Kier molecular flexibility index (Phi) is 6.19. The Morgan fingerprint density at radius 1 is 0.967 bits per heavy atom. The third-order valence-electron chi connectivity index (χ3n) is 4.54. The number of halogens is 1. The van der Waals surface area contributed by atoms with E-state index in [1.807, 2.05) is 78.9 Å². The predicted molar refractivity (Wildman–Crippen MR) is 126 cm³/mol. The van der Waals surface area contributed by atoms with E-state index in [4.69, 9.17) is 4.74 Å². The molecule has 3 aromatic rings. The SMILES string of the molecule is O=C(/C=C/c1ccc(Br)cc1)OC1C=CC(=C=Nc2cccc3ccccc23)C=C1. The molecule has 1 aliphatic carbocycles. The third kappa shape index (κ3) is 5.12. The van der Waals surface area contributed by atoms with Crippen LogP contribution in [-0.2, 0) is 9.53 Å². The van der Waals surface area contributed by atoms with E-state index in [0.29, 0.717) is 0 Å². The highest BCUT2D eigenvalue weighted by molar-refractivity contribution is 9.10. The first-order chi connectivity index (χ1) is 14.7. The van der Waals surface area contributed by atoms with Crippen LogP contribution in [0.5, 0.6) is 0 Å². The lowest BCUT2D eigenvalue weighted by atomic mass is 10.1. The molecule has 0 saturated heterocycles. The Balaban J connectivity index is 1.40. The van der Waals surface area contributed by atoms with Crippen molar-refractivity contribution in [2.24, 2.45) is 4.99 Å². The van der Waals surface area contributed by atoms with Crippen LogP contribution in [0.25, 0.3) is 16.8 Å². The van der Waals surface area contributed by atoms with Crippen molar-refractivity contribution in [1.82, 2.24) is 0 Å². The highest BCUT2D eigenvalue weighted by Gasteiger charge is 2.09. The van der Waals surface area contributed by atoms with Crippen molar-refractivity contribution in [3.05, 3.63) is 113 Å². The molecule has 4 heteroatoms. The Labute approximate surface area is 183 Å². The minimum atomic E-state index is -0.407. The zero-order valence-corrected chi connectivity index (χ0v) is 17.6. The standard InChI is InChI=1S/C26H18BrNO2/c27-22-13-8-19(9-14-22)12-17-26(29)30-23-15-10-20(11-16-23)18-28-25-7-3-5-21-4-1-2-6-24(21)25/h1-17,23H/b17-12+. The lowest BCUT2D eigenvalue weighted by molar-refractivity contribution is -0.139. The molecule has 0 aliphatic heterocycles. The van der Waals surface area contributed by atoms with Crippen molar-refractivity contribution < 1.29 is 9.53 Å². The molecule has 0 unspecified atom stereocenters. The summed E-state index contributed by atoms with van der Waals surface area (Å²) in [6.07, 6.45) is 10.1. The first-order valence-corrected chi connectivity index (χ1v) is 10.3. The number of ether oxygens (including phenoxy) is 1. The number of hydrogen-bond donors (Lipinski definition) is 0. The van der Waals surface area contributed by atoms with Gasteiger partial charge in [0.15, 0.2) is 0 Å². The maximum Gasteiger partial charge on any atom is 0.331 e. The summed E-state index contributed by atoms with van der Waals surface area (Å²) in [7, 11) is 0. The number of benzene rings is 3. The molecule has 30 heavy (non-hydrogen) atoms. The maximum atomic E-state index is 12.0. The van der Waals surface area contributed by atoms with Crippen LogP contribution in [0.3, 0.4) is 0 Å². The van der Waals surface area contributed by atoms with Gasteiger partial charge in [-0.1, -0.05) is 64.5 Å². The number of nitrogens with zero attached hydrogens (tertiary/aromatic N) is 1. The van der Waals surface area contributed by atoms with Crippen LogP contribution in [-0.4, -0.2) is 17.9 Å². The van der Waals surface area contributed by atoms with E-state index in [1.165, 1.54) is 6.08 Å². The molecule has 4 rings (SSSR count). The highest BCUT2D eigenvalue weighted by atomic mass is 79.9. The number of rotatable bonds is 4. The highest BCUT2D eigenvalue weighted by Crippen LogP contribution is 2.25. The lowest BCUT2D eigenvalue weighted by Crippen LogP contribution is -2.13. The summed E-state index contributed by atoms with van der Waals surface area (Å²) in [6, 6.07) is 21.8. The molecule has 0 radical (unpaired) electrons. The largest absolute Gasteiger partial charge is 0.451 e. The molecule has 0 heterocycles. The Bertz CT molecular complexity index is 1210. The molecule has 146 valence electrons. The van der Waals surface area contributed by atoms with E-state index in [1.54, 1.807) is 6.08 Å². The van der Waals surface area contributed by atoms with Gasteiger partial charge in [0.1, 0.15) is 6.10 Å². The fourth-order valence-electron chi connectivity index (χ4n) is 3.01. The number of fused-ring (bicyclic) bond motifs is 1. The van der Waals surface area contributed by atoms with Crippen molar-refractivity contribution in [2.45, 2.75) is 6.10 Å². The van der Waals surface area contributed by atoms with E-state index in [-0.39, 0.29) is 0 Å². The van der Waals surface area contributed by atoms with E-state index in [9.17, 15) is 4.79 Å². The Morgan fingerprint density at radius 2 is 1.70 bits per heavy atom. The number of carbonyl (C=O) groups excluding carboxylic acids is 1. The summed E-state index contributed by atoms with van der Waals surface area (Å²) in [5, 5.41) is 2.23. The number of esters is 1. The maximum absolute atomic E-state index is 12.0. The van der Waals surface area contributed by atoms with Gasteiger partial charge >= 0.3 is 5.97 Å². The first-order valence-electron chi connectivity index (χ1n) is 9.49. The minimum absolute atomic E-state index is 0.394. The first kappa shape index (κ1) is 19.8. The monoisotopic (exact) mass is 455 g/mol. The van der Waals surface area contributed by atoms with Gasteiger partial charge < -0.3 is 4.74 Å². The van der Waals surface area contributed by atoms with E-state index >= 15 is 0 Å². The summed E-state index contributed by atoms with van der Waals surface area (Å²) in [5.41, 5.74) is 2.62. The number of hydrogen-bond acceptors (Lipinski definition) is 3. The zero-order valence-electron chi connectivity index (χ0n) is 16.0. The van der Waals surface area contributed by atoms with Crippen molar-refractivity contribution in [2.75, 3.05) is 0 Å². The van der Waals surface area contributed by atoms with Crippen LogP contribution >= 0.6 is 15.9 Å². The van der Waals surface area contributed by atoms with Gasteiger partial charge in [-0.05, 0) is 65.4 Å². The second-order valence-corrected chi connectivity index (χ2v) is 7.60. The van der Waals surface area contributed by atoms with Crippen LogP contribution in [0, 0.1) is 0 Å². The van der Waals surface area contributed by atoms with E-state index in [0.717, 1.165) is 32.1 Å². The van der Waals surface area contributed by atoms with Gasteiger partial charge in [-0.15, -0.1) is 0 Å². The molecular formula is C26H18BrNO2. The molecule has 0 bridgehead atoms. The lowest BCUT2D eigenvalue weighted by Gasteiger charge is -2.11. The summed E-state index contributed by atoms with van der Waals surface area (Å²) in [6.45, 7) is 0. The van der Waals surface area contributed by atoms with Crippen LogP contribution < -0.4 is 0 Å². The molecule has 1 aliphatic rings. The molecule has 0 atom stereocenters. The quantitative estimate of drug-likeness (QED) is 0.253. The van der Waals surface area contributed by atoms with Crippen LogP contribution in [0.15, 0.2) is 112 Å². The van der Waals surface area contributed by atoms with E-state index in [2.05, 4.69) is 38.9 Å². The third-order valence-corrected chi connectivity index (χ3v) is 5.07. The molecule has 3 nitrogen and oxygen atoms in total. The van der Waals surface area contributed by atoms with E-state index < -0.39 is 12.1 Å². The average Bonchev–Trinajstić information content (AvgIpc) is 2.78. The zero-order chi connectivity index (χ0) is 20.8. The predicted octanol–water partition coefficient (Wildman–Crippen LogP) is 6.58. The van der Waals surface area contributed by atoms with Crippen molar-refractivity contribution in [3.63, 3.8) is 0 Å². The molecule has 0 saturated carbocycles. The van der Waals surface area contributed by atoms with Gasteiger partial charge in [0, 0.05) is 21.5 Å². The van der Waals surface area contributed by atoms with Gasteiger partial charge in [0.05, 0.1) is 5.69 Å². The molecule has 0 spiro atoms. The fourth-order valence-corrected chi connectivity index (χ4v) is 3.28. The van der Waals surface area contributed by atoms with Crippen molar-refractivity contribution in [1.29, 1.82) is 0 Å². The average molecular weight is 456 g/mol. The number of allylic oxidation sites excluding steroid dienone is 3. The summed E-state index contributed by atoms with van der Waals surface area (Å²) < 4.78 is 6.42. The molecule has 0 amide bonds. The normalized spacial score (nSPS) is 15.4. The van der Waals surface area contributed by atoms with Crippen LogP contribution in [0.4, 0.5) is 5.69 Å². The van der Waals surface area contributed by atoms with Crippen LogP contribution in [0.1, 0.15) is 5.56 Å². The summed E-state index contributed by atoms with van der Waals surface area (Å²) in [5.74, 6) is 2.67. The molecule has 0 N–H and O–H groups in total. The smallest absolute Gasteiger partial charge is 0.331 e. The fraction of sp³-hybridized carbons (Fsp3) is 0.0385. The second-order valence-electron chi connectivity index (χ2n) is 6.68. The van der Waals surface area contributed by atoms with Gasteiger partial charge in [-0.2, -0.15) is 0 Å². The van der Waals surface area contributed by atoms with Crippen molar-refractivity contribution in [3.8, 4) is 0 Å². The van der Waals surface area contributed by atoms with Crippen LogP contribution in [0.2, 0.25) is 0 Å². The summed E-state index contributed by atoms with van der Waals surface area (Å²) >= 11 is 3.39. The molecular weight excluding hydrogens is 438 g/mol. The van der Waals surface area contributed by atoms with Gasteiger partial charge in [0.2, 0.25) is 0 Å². The Hall–Kier alpha value is -3.46. The second kappa shape index (κ2) is 9.36. The van der Waals surface area contributed by atoms with Gasteiger partial charge in [0.25, 0.3) is 0 Å². The Morgan fingerprint density at radius 3 is 2.50 bits per heavy atom. The molecule has 0 aromatic heterocycles. The molecule has 3 aromatic carbocycles.